The third-order valence-corrected chi connectivity index (χ3v) is 17.9. The Kier molecular flexibility index (Phi) is 29.1. The summed E-state index contributed by atoms with van der Waals surface area (Å²) in [4.78, 5) is 50.2. The van der Waals surface area contributed by atoms with Gasteiger partial charge in [-0.1, -0.05) is 0 Å². The number of aliphatic hydroxyl groups excluding tert-OH is 21. The van der Waals surface area contributed by atoms with Crippen LogP contribution >= 0.6 is 0 Å². The van der Waals surface area contributed by atoms with Gasteiger partial charge in [-0.2, -0.15) is 0 Å². The van der Waals surface area contributed by atoms with Crippen molar-refractivity contribution >= 4 is 23.6 Å². The van der Waals surface area contributed by atoms with Crippen LogP contribution in [-0.4, -0.2) is 423 Å². The fourth-order valence-corrected chi connectivity index (χ4v) is 12.7. The minimum absolute atomic E-state index is 0.781. The molecule has 44 heteroatoms. The number of nitrogens with one attached hydrogen (secondary N) is 4. The Morgan fingerprint density at radius 1 is 0.263 bits per heavy atom. The normalized spacial score (nSPS) is 48.2. The Labute approximate surface area is 561 Å². The lowest BCUT2D eigenvalue weighted by molar-refractivity contribution is -0.406. The molecular weight excluding hydrogens is 1360 g/mol. The third kappa shape index (κ3) is 18.1. The molecule has 0 aromatic carbocycles. The summed E-state index contributed by atoms with van der Waals surface area (Å²) in [5.41, 5.74) is 0. The molecule has 8 rings (SSSR count). The molecule has 0 radical (unpaired) electrons. The smallest absolute Gasteiger partial charge is 0.217 e. The van der Waals surface area contributed by atoms with Crippen LogP contribution in [0.2, 0.25) is 0 Å². The SMILES string of the molecule is CC(=O)N[C@@H]1[C@@H](O)[C@H](O[C@@H]2O[C@H](CO)[C@@H](O[C@@H]3O[C@H](CO[C@H]4O[C@H](CO)[C@@H](O)[C@H](O)[C@@H]4O[C@@H]4O[C@H](CO)[C@@H](O)[C@H](O)[C@H]4NC(C)=O)[C@@H](O)[C@H](O[C@H]4O[C@H](CO)[C@@H](O)[C@H](O)[C@@H]4O[C@@H]4O[C@H](CO)[C@@H](O)[C@H](O)[C@H]4NC(C)=O)[C@@H]3O[C@@H]3O[C@H](CO)[C@H](O)[C@H]3O)[C@H](O)[C@H]2NC(C)=O)[C@@H](CO)O[C@H]1O. The molecule has 0 bridgehead atoms. The standard InChI is InChI=1S/C55H92N4O40/c1-13(67)56-25-37(79)42(22(10-65)86-48(25)84)94-51-28(59-16(4)70)38(80)43(23(11-66)92-51)95-55-47(99-52-41(83)33(75)21(9-64)89-52)44(96-54-46(40(82)32(74)20(8-63)91-54)98-50-27(58-15(3)69)36(78)30(72)18(6-61)88-50)34(76)24(93-55)12-85-53-45(39(81)31(73)19(7-62)90-53)97-49-26(57-14(2)68)35(77)29(71)17(5-60)87-49/h17-55,60-66,71-84H,5-12H2,1-4H3,(H,56,67)(H,57,68)(H,58,69)(H,59,70)/t17-,18-,19-,20-,21-,22-,23-,24-,25-,26-,27-,28-,29-,30-,31-,32-,33+,34-,35-,36-,37-,38-,39+,40+,41-,42-,43-,44+,45+,46+,47+,48-,49+,50+,51+,52+,53+,54-,55+/m1/s1. The molecule has 8 fully saturated rings. The first kappa shape index (κ1) is 81.1. The molecule has 572 valence electrons. The Hall–Kier alpha value is -3.56. The monoisotopic (exact) mass is 1450 g/mol. The van der Waals surface area contributed by atoms with Crippen LogP contribution in [0.1, 0.15) is 27.7 Å². The van der Waals surface area contributed by atoms with E-state index in [0.29, 0.717) is 0 Å². The van der Waals surface area contributed by atoms with E-state index in [2.05, 4.69) is 21.3 Å². The van der Waals surface area contributed by atoms with Crippen LogP contribution in [0.3, 0.4) is 0 Å². The molecule has 25 N–H and O–H groups in total. The lowest BCUT2D eigenvalue weighted by atomic mass is 9.93. The Morgan fingerprint density at radius 3 is 0.980 bits per heavy atom. The predicted molar refractivity (Wildman–Crippen MR) is 305 cm³/mol. The molecule has 44 nitrogen and oxygen atoms in total. The molecule has 0 saturated carbocycles. The number of ether oxygens (including phenoxy) is 15. The molecule has 8 aliphatic rings. The van der Waals surface area contributed by atoms with Gasteiger partial charge in [0.2, 0.25) is 23.6 Å². The maximum atomic E-state index is 13.1. The van der Waals surface area contributed by atoms with E-state index < -0.39 is 316 Å². The van der Waals surface area contributed by atoms with Gasteiger partial charge in [0.15, 0.2) is 50.3 Å². The van der Waals surface area contributed by atoms with E-state index in [-0.39, 0.29) is 0 Å². The molecule has 0 aliphatic carbocycles. The van der Waals surface area contributed by atoms with Crippen molar-refractivity contribution in [1.82, 2.24) is 21.3 Å². The summed E-state index contributed by atoms with van der Waals surface area (Å²) < 4.78 is 90.3. The molecule has 0 aromatic rings. The van der Waals surface area contributed by atoms with Crippen molar-refractivity contribution in [3.63, 3.8) is 0 Å². The van der Waals surface area contributed by atoms with Gasteiger partial charge in [0.1, 0.15) is 189 Å². The summed E-state index contributed by atoms with van der Waals surface area (Å²) in [6, 6.07) is -7.11. The molecule has 8 aliphatic heterocycles. The van der Waals surface area contributed by atoms with Crippen LogP contribution in [0.4, 0.5) is 0 Å². The van der Waals surface area contributed by atoms with Crippen molar-refractivity contribution in [2.24, 2.45) is 0 Å². The van der Waals surface area contributed by atoms with E-state index in [9.17, 15) is 126 Å². The summed E-state index contributed by atoms with van der Waals surface area (Å²) >= 11 is 0. The van der Waals surface area contributed by atoms with E-state index >= 15 is 0 Å². The lowest BCUT2D eigenvalue weighted by Crippen LogP contribution is -2.71. The van der Waals surface area contributed by atoms with Crippen molar-refractivity contribution in [3.8, 4) is 0 Å². The number of aliphatic hydroxyl groups is 21. The van der Waals surface area contributed by atoms with Gasteiger partial charge in [-0.25, -0.2) is 0 Å². The van der Waals surface area contributed by atoms with E-state index in [1.54, 1.807) is 0 Å². The van der Waals surface area contributed by atoms with Crippen molar-refractivity contribution in [2.45, 2.75) is 267 Å². The molecule has 8 saturated heterocycles. The molecule has 99 heavy (non-hydrogen) atoms. The van der Waals surface area contributed by atoms with Crippen LogP contribution in [0, 0.1) is 0 Å². The second-order valence-electron chi connectivity index (χ2n) is 24.9. The van der Waals surface area contributed by atoms with E-state index in [1.807, 2.05) is 0 Å². The van der Waals surface area contributed by atoms with Gasteiger partial charge in [-0.15, -0.1) is 0 Å². The highest BCUT2D eigenvalue weighted by atomic mass is 16.8. The maximum absolute atomic E-state index is 13.1. The molecule has 4 amide bonds. The molecule has 0 aromatic heterocycles. The highest BCUT2D eigenvalue weighted by molar-refractivity contribution is 5.74. The summed E-state index contributed by atoms with van der Waals surface area (Å²) in [5.74, 6) is -3.43. The maximum Gasteiger partial charge on any atom is 0.217 e. The molecule has 0 spiro atoms. The highest BCUT2D eigenvalue weighted by Gasteiger charge is 2.61. The van der Waals surface area contributed by atoms with Crippen LogP contribution in [-0.2, 0) is 90.2 Å². The van der Waals surface area contributed by atoms with E-state index in [1.165, 1.54) is 0 Å². The number of hydrogen-bond acceptors (Lipinski definition) is 40. The fraction of sp³-hybridized carbons (Fsp3) is 0.927. The van der Waals surface area contributed by atoms with Gasteiger partial charge >= 0.3 is 0 Å². The largest absolute Gasteiger partial charge is 0.394 e. The molecule has 39 atom stereocenters. The highest BCUT2D eigenvalue weighted by Crippen LogP contribution is 2.40. The number of carbonyl (C=O) groups excluding carboxylic acids is 4. The van der Waals surface area contributed by atoms with Gasteiger partial charge in [0, 0.05) is 27.7 Å². The summed E-state index contributed by atoms with van der Waals surface area (Å²) in [5, 5.41) is 242. The first-order chi connectivity index (χ1) is 46.9. The van der Waals surface area contributed by atoms with Gasteiger partial charge in [-0.3, -0.25) is 19.2 Å². The van der Waals surface area contributed by atoms with E-state index in [0.717, 1.165) is 27.7 Å². The van der Waals surface area contributed by atoms with Crippen molar-refractivity contribution in [3.05, 3.63) is 0 Å². The van der Waals surface area contributed by atoms with Gasteiger partial charge in [0.05, 0.1) is 52.9 Å². The number of amides is 4. The van der Waals surface area contributed by atoms with Crippen LogP contribution in [0.5, 0.6) is 0 Å². The second kappa shape index (κ2) is 35.5. The first-order valence-corrected chi connectivity index (χ1v) is 31.5. The third-order valence-electron chi connectivity index (χ3n) is 17.9. The minimum atomic E-state index is -2.46. The number of rotatable bonds is 26. The number of carbonyl (C=O) groups is 4. The zero-order valence-corrected chi connectivity index (χ0v) is 53.3. The summed E-state index contributed by atoms with van der Waals surface area (Å²) in [6.07, 6.45) is -72.2. The second-order valence-corrected chi connectivity index (χ2v) is 24.9. The van der Waals surface area contributed by atoms with E-state index in [4.69, 9.17) is 71.1 Å². The van der Waals surface area contributed by atoms with Crippen molar-refractivity contribution in [2.75, 3.05) is 52.9 Å². The van der Waals surface area contributed by atoms with Crippen molar-refractivity contribution in [1.29, 1.82) is 0 Å². The average molecular weight is 1450 g/mol. The zero-order valence-electron chi connectivity index (χ0n) is 53.3. The van der Waals surface area contributed by atoms with Crippen LogP contribution in [0.25, 0.3) is 0 Å². The quantitative estimate of drug-likeness (QED) is 0.0382. The molecule has 0 unspecified atom stereocenters. The Morgan fingerprint density at radius 2 is 0.545 bits per heavy atom. The predicted octanol–water partition coefficient (Wildman–Crippen LogP) is -17.2. The molecular formula is C55H92N4O40. The number of hydrogen-bond donors (Lipinski definition) is 25. The Bertz CT molecular complexity index is 2590. The van der Waals surface area contributed by atoms with Gasteiger partial charge in [-0.05, 0) is 0 Å². The molecule has 8 heterocycles. The Balaban J connectivity index is 1.23. The zero-order chi connectivity index (χ0) is 72.9. The average Bonchev–Trinajstić information content (AvgIpc) is 1.28. The summed E-state index contributed by atoms with van der Waals surface area (Å²) in [7, 11) is 0. The van der Waals surface area contributed by atoms with Crippen LogP contribution in [0.15, 0.2) is 0 Å². The van der Waals surface area contributed by atoms with Gasteiger partial charge in [0.25, 0.3) is 0 Å². The first-order valence-electron chi connectivity index (χ1n) is 31.5. The van der Waals surface area contributed by atoms with Gasteiger partial charge < -0.3 is 200 Å². The topological polar surface area (TPSA) is 680 Å². The minimum Gasteiger partial charge on any atom is -0.394 e. The summed E-state index contributed by atoms with van der Waals surface area (Å²) in [6.45, 7) is -4.63. The fourth-order valence-electron chi connectivity index (χ4n) is 12.7. The lowest BCUT2D eigenvalue weighted by Gasteiger charge is -2.51. The van der Waals surface area contributed by atoms with Crippen molar-refractivity contribution < 1.29 is 197 Å². The van der Waals surface area contributed by atoms with Crippen LogP contribution < -0.4 is 21.3 Å².